The van der Waals surface area contributed by atoms with E-state index >= 15 is 0 Å². The summed E-state index contributed by atoms with van der Waals surface area (Å²) in [5, 5.41) is 6.03. The van der Waals surface area contributed by atoms with Gasteiger partial charge in [0.25, 0.3) is 5.91 Å². The van der Waals surface area contributed by atoms with E-state index in [0.29, 0.717) is 41.9 Å². The SMILES string of the molecule is COCCCNc1cc(C(=O)Nc2ccc(Oc3ccccc3)cc2)nc(C)n1. The summed E-state index contributed by atoms with van der Waals surface area (Å²) in [7, 11) is 1.66. The molecule has 1 aromatic heterocycles. The Kier molecular flexibility index (Phi) is 7.13. The number of benzene rings is 2. The maximum absolute atomic E-state index is 12.6. The Labute approximate surface area is 170 Å². The lowest BCUT2D eigenvalue weighted by Gasteiger charge is -2.10. The van der Waals surface area contributed by atoms with Gasteiger partial charge in [0.2, 0.25) is 0 Å². The lowest BCUT2D eigenvalue weighted by atomic mass is 10.2. The molecule has 0 saturated carbocycles. The van der Waals surface area contributed by atoms with Crippen LogP contribution in [0.15, 0.2) is 60.7 Å². The van der Waals surface area contributed by atoms with Gasteiger partial charge in [0.15, 0.2) is 0 Å². The minimum Gasteiger partial charge on any atom is -0.457 e. The summed E-state index contributed by atoms with van der Waals surface area (Å²) in [6.45, 7) is 3.12. The van der Waals surface area contributed by atoms with Gasteiger partial charge < -0.3 is 20.1 Å². The molecule has 0 atom stereocenters. The van der Waals surface area contributed by atoms with Crippen molar-refractivity contribution in [1.82, 2.24) is 9.97 Å². The molecule has 2 N–H and O–H groups in total. The van der Waals surface area contributed by atoms with Crippen LogP contribution >= 0.6 is 0 Å². The number of methoxy groups -OCH3 is 1. The number of carbonyl (C=O) groups is 1. The summed E-state index contributed by atoms with van der Waals surface area (Å²) in [6.07, 6.45) is 0.846. The quantitative estimate of drug-likeness (QED) is 0.529. The molecule has 7 heteroatoms. The molecule has 2 aromatic carbocycles. The number of hydrogen-bond donors (Lipinski definition) is 2. The topological polar surface area (TPSA) is 85.4 Å². The summed E-state index contributed by atoms with van der Waals surface area (Å²) < 4.78 is 10.8. The number of carbonyl (C=O) groups excluding carboxylic acids is 1. The number of nitrogens with zero attached hydrogens (tertiary/aromatic N) is 2. The number of nitrogens with one attached hydrogen (secondary N) is 2. The first-order valence-electron chi connectivity index (χ1n) is 9.37. The van der Waals surface area contributed by atoms with Crippen LogP contribution in [-0.2, 0) is 4.74 Å². The molecule has 150 valence electrons. The highest BCUT2D eigenvalue weighted by atomic mass is 16.5. The Balaban J connectivity index is 1.61. The predicted molar refractivity (Wildman–Crippen MR) is 113 cm³/mol. The van der Waals surface area contributed by atoms with E-state index < -0.39 is 0 Å². The third-order valence-corrected chi connectivity index (χ3v) is 3.99. The summed E-state index contributed by atoms with van der Waals surface area (Å²) in [5.41, 5.74) is 0.956. The Bertz CT molecular complexity index is 931. The van der Waals surface area contributed by atoms with Crippen LogP contribution < -0.4 is 15.4 Å². The van der Waals surface area contributed by atoms with Crippen LogP contribution in [0.2, 0.25) is 0 Å². The molecule has 3 aromatic rings. The minimum atomic E-state index is -0.299. The van der Waals surface area contributed by atoms with Crippen molar-refractivity contribution in [1.29, 1.82) is 0 Å². The summed E-state index contributed by atoms with van der Waals surface area (Å²) in [6, 6.07) is 18.3. The fourth-order valence-corrected chi connectivity index (χ4v) is 2.63. The standard InChI is InChI=1S/C22H24N4O3/c1-16-24-20(15-21(25-16)23-13-6-14-28-2)22(27)26-17-9-11-19(12-10-17)29-18-7-4-3-5-8-18/h3-5,7-12,15H,6,13-14H2,1-2H3,(H,26,27)(H,23,24,25). The molecule has 0 aliphatic heterocycles. The Hall–Kier alpha value is -3.45. The Morgan fingerprint density at radius 3 is 2.45 bits per heavy atom. The molecule has 1 heterocycles. The third kappa shape index (κ3) is 6.29. The van der Waals surface area contributed by atoms with Gasteiger partial charge in [-0.1, -0.05) is 18.2 Å². The van der Waals surface area contributed by atoms with E-state index in [2.05, 4.69) is 20.6 Å². The third-order valence-electron chi connectivity index (χ3n) is 3.99. The number of rotatable bonds is 9. The number of para-hydroxylation sites is 1. The second kappa shape index (κ2) is 10.2. The lowest BCUT2D eigenvalue weighted by Crippen LogP contribution is -2.16. The van der Waals surface area contributed by atoms with Crippen molar-refractivity contribution < 1.29 is 14.3 Å². The number of aryl methyl sites for hydroxylation is 1. The monoisotopic (exact) mass is 392 g/mol. The van der Waals surface area contributed by atoms with Crippen molar-refractivity contribution >= 4 is 17.4 Å². The molecule has 0 saturated heterocycles. The maximum Gasteiger partial charge on any atom is 0.274 e. The molecular formula is C22H24N4O3. The van der Waals surface area contributed by atoms with Gasteiger partial charge in [-0.05, 0) is 49.7 Å². The Morgan fingerprint density at radius 1 is 1.00 bits per heavy atom. The predicted octanol–water partition coefficient (Wildman–Crippen LogP) is 4.28. The number of anilines is 2. The van der Waals surface area contributed by atoms with Crippen LogP contribution in [0.5, 0.6) is 11.5 Å². The first-order chi connectivity index (χ1) is 14.1. The fraction of sp³-hybridized carbons (Fsp3) is 0.227. The van der Waals surface area contributed by atoms with Crippen molar-refractivity contribution in [2.24, 2.45) is 0 Å². The zero-order valence-corrected chi connectivity index (χ0v) is 16.5. The second-order valence-electron chi connectivity index (χ2n) is 6.35. The molecule has 0 spiro atoms. The number of aromatic nitrogens is 2. The summed E-state index contributed by atoms with van der Waals surface area (Å²) >= 11 is 0. The summed E-state index contributed by atoms with van der Waals surface area (Å²) in [5.74, 6) is 2.29. The van der Waals surface area contributed by atoms with Gasteiger partial charge in [-0.2, -0.15) is 0 Å². The van der Waals surface area contributed by atoms with Gasteiger partial charge in [0, 0.05) is 32.0 Å². The van der Waals surface area contributed by atoms with Crippen LogP contribution in [0.3, 0.4) is 0 Å². The van der Waals surface area contributed by atoms with Crippen molar-refractivity contribution in [3.63, 3.8) is 0 Å². The largest absolute Gasteiger partial charge is 0.457 e. The number of ether oxygens (including phenoxy) is 2. The molecule has 29 heavy (non-hydrogen) atoms. The minimum absolute atomic E-state index is 0.299. The van der Waals surface area contributed by atoms with Crippen LogP contribution in [0.25, 0.3) is 0 Å². The Morgan fingerprint density at radius 2 is 1.72 bits per heavy atom. The molecule has 0 radical (unpaired) electrons. The van der Waals surface area contributed by atoms with Crippen molar-refractivity contribution in [3.05, 3.63) is 72.2 Å². The van der Waals surface area contributed by atoms with Crippen LogP contribution in [0, 0.1) is 6.92 Å². The molecule has 3 rings (SSSR count). The zero-order chi connectivity index (χ0) is 20.5. The summed E-state index contributed by atoms with van der Waals surface area (Å²) in [4.78, 5) is 21.1. The smallest absolute Gasteiger partial charge is 0.274 e. The number of hydrogen-bond acceptors (Lipinski definition) is 6. The van der Waals surface area contributed by atoms with Gasteiger partial charge in [-0.25, -0.2) is 9.97 Å². The van der Waals surface area contributed by atoms with E-state index in [9.17, 15) is 4.79 Å². The van der Waals surface area contributed by atoms with E-state index in [1.165, 1.54) is 0 Å². The molecule has 0 bridgehead atoms. The first kappa shape index (κ1) is 20.3. The fourth-order valence-electron chi connectivity index (χ4n) is 2.63. The second-order valence-corrected chi connectivity index (χ2v) is 6.35. The van der Waals surface area contributed by atoms with E-state index in [1.807, 2.05) is 30.3 Å². The number of amides is 1. The van der Waals surface area contributed by atoms with E-state index in [4.69, 9.17) is 9.47 Å². The van der Waals surface area contributed by atoms with E-state index in [-0.39, 0.29) is 5.91 Å². The highest BCUT2D eigenvalue weighted by molar-refractivity contribution is 6.03. The highest BCUT2D eigenvalue weighted by Gasteiger charge is 2.11. The molecule has 1 amide bonds. The van der Waals surface area contributed by atoms with Gasteiger partial charge in [0.1, 0.15) is 28.8 Å². The van der Waals surface area contributed by atoms with Gasteiger partial charge in [-0.3, -0.25) is 4.79 Å². The zero-order valence-electron chi connectivity index (χ0n) is 16.5. The average Bonchev–Trinajstić information content (AvgIpc) is 2.73. The van der Waals surface area contributed by atoms with E-state index in [1.54, 1.807) is 44.4 Å². The molecular weight excluding hydrogens is 368 g/mol. The van der Waals surface area contributed by atoms with E-state index in [0.717, 1.165) is 12.2 Å². The molecule has 0 unspecified atom stereocenters. The van der Waals surface area contributed by atoms with Crippen molar-refractivity contribution in [2.75, 3.05) is 30.9 Å². The van der Waals surface area contributed by atoms with Gasteiger partial charge in [0.05, 0.1) is 0 Å². The van der Waals surface area contributed by atoms with Crippen molar-refractivity contribution in [2.45, 2.75) is 13.3 Å². The van der Waals surface area contributed by atoms with Gasteiger partial charge in [-0.15, -0.1) is 0 Å². The van der Waals surface area contributed by atoms with Crippen LogP contribution in [-0.4, -0.2) is 36.1 Å². The normalized spacial score (nSPS) is 10.4. The first-order valence-corrected chi connectivity index (χ1v) is 9.37. The van der Waals surface area contributed by atoms with Gasteiger partial charge >= 0.3 is 0 Å². The molecule has 0 aliphatic carbocycles. The average molecular weight is 392 g/mol. The highest BCUT2D eigenvalue weighted by Crippen LogP contribution is 2.23. The molecule has 7 nitrogen and oxygen atoms in total. The lowest BCUT2D eigenvalue weighted by molar-refractivity contribution is 0.102. The van der Waals surface area contributed by atoms with Crippen LogP contribution in [0.4, 0.5) is 11.5 Å². The van der Waals surface area contributed by atoms with Crippen molar-refractivity contribution in [3.8, 4) is 11.5 Å². The maximum atomic E-state index is 12.6. The van der Waals surface area contributed by atoms with Crippen LogP contribution in [0.1, 0.15) is 22.7 Å². The molecule has 0 aliphatic rings. The molecule has 0 fully saturated rings.